The second kappa shape index (κ2) is 15.2. The first-order chi connectivity index (χ1) is 16.8. The molecule has 2 heterocycles. The number of para-hydroxylation sites is 2. The van der Waals surface area contributed by atoms with Crippen molar-refractivity contribution in [2.45, 2.75) is 90.9 Å². The first-order valence-corrected chi connectivity index (χ1v) is 13.6. The third-order valence-electron chi connectivity index (χ3n) is 6.46. The molecule has 0 saturated carbocycles. The zero-order chi connectivity index (χ0) is 23.8. The van der Waals surface area contributed by atoms with Gasteiger partial charge in [-0.15, -0.1) is 0 Å². The second-order valence-electron chi connectivity index (χ2n) is 9.46. The van der Waals surface area contributed by atoms with Gasteiger partial charge in [0.2, 0.25) is 0 Å². The number of unbranched alkanes of at least 4 members (excludes halogenated alkanes) is 9. The van der Waals surface area contributed by atoms with Crippen LogP contribution in [0.5, 0.6) is 0 Å². The molecule has 0 aliphatic heterocycles. The summed E-state index contributed by atoms with van der Waals surface area (Å²) < 4.78 is 0. The maximum absolute atomic E-state index is 3.50. The average Bonchev–Trinajstić information content (AvgIpc) is 3.47. The zero-order valence-corrected chi connectivity index (χ0v) is 21.4. The summed E-state index contributed by atoms with van der Waals surface area (Å²) in [5, 5.41) is 2.63. The molecule has 0 spiro atoms. The Balaban J connectivity index is 0.000000191. The van der Waals surface area contributed by atoms with Gasteiger partial charge >= 0.3 is 0 Å². The summed E-state index contributed by atoms with van der Waals surface area (Å²) in [5.74, 6) is 0. The van der Waals surface area contributed by atoms with Crippen LogP contribution >= 0.6 is 0 Å². The van der Waals surface area contributed by atoms with Gasteiger partial charge in [-0.05, 0) is 66.8 Å². The summed E-state index contributed by atoms with van der Waals surface area (Å²) in [4.78, 5) is 6.91. The van der Waals surface area contributed by atoms with E-state index in [2.05, 4.69) is 96.6 Å². The lowest BCUT2D eigenvalue weighted by atomic mass is 10.1. The monoisotopic (exact) mass is 456 g/mol. The number of aromatic nitrogens is 2. The molecule has 2 aromatic heterocycles. The highest BCUT2D eigenvalue weighted by molar-refractivity contribution is 5.82. The lowest BCUT2D eigenvalue weighted by Gasteiger charge is -1.99. The molecule has 4 rings (SSSR count). The molecule has 0 amide bonds. The predicted molar refractivity (Wildman–Crippen MR) is 151 cm³/mol. The van der Waals surface area contributed by atoms with Gasteiger partial charge in [0.05, 0.1) is 0 Å². The highest BCUT2D eigenvalue weighted by atomic mass is 14.7. The third-order valence-corrected chi connectivity index (χ3v) is 6.46. The SMILES string of the molecule is CCCCCCC=Cc1cc2ccccc2[nH]1.CCCCCCCCc1cc2ccccc2[nH]1. The minimum Gasteiger partial charge on any atom is -0.358 e. The lowest BCUT2D eigenvalue weighted by Crippen LogP contribution is -1.85. The zero-order valence-electron chi connectivity index (χ0n) is 21.4. The molecule has 0 saturated heterocycles. The van der Waals surface area contributed by atoms with Crippen molar-refractivity contribution in [3.05, 3.63) is 78.1 Å². The number of fused-ring (bicyclic) bond motifs is 2. The van der Waals surface area contributed by atoms with Gasteiger partial charge in [-0.3, -0.25) is 0 Å². The molecule has 2 heteroatoms. The van der Waals surface area contributed by atoms with Gasteiger partial charge in [-0.2, -0.15) is 0 Å². The smallest absolute Gasteiger partial charge is 0.0458 e. The van der Waals surface area contributed by atoms with E-state index in [0.29, 0.717) is 0 Å². The topological polar surface area (TPSA) is 31.6 Å². The number of hydrogen-bond acceptors (Lipinski definition) is 0. The summed E-state index contributed by atoms with van der Waals surface area (Å²) in [5.41, 5.74) is 5.09. The lowest BCUT2D eigenvalue weighted by molar-refractivity contribution is 0.605. The number of H-pyrrole nitrogens is 2. The van der Waals surface area contributed by atoms with Crippen molar-refractivity contribution in [1.29, 1.82) is 0 Å². The van der Waals surface area contributed by atoms with E-state index in [1.54, 1.807) is 0 Å². The molecule has 0 radical (unpaired) electrons. The van der Waals surface area contributed by atoms with Crippen molar-refractivity contribution < 1.29 is 0 Å². The van der Waals surface area contributed by atoms with E-state index < -0.39 is 0 Å². The van der Waals surface area contributed by atoms with Crippen LogP contribution in [0.3, 0.4) is 0 Å². The molecule has 182 valence electrons. The van der Waals surface area contributed by atoms with Crippen LogP contribution < -0.4 is 0 Å². The summed E-state index contributed by atoms with van der Waals surface area (Å²) in [7, 11) is 0. The average molecular weight is 457 g/mol. The van der Waals surface area contributed by atoms with E-state index in [9.17, 15) is 0 Å². The Bertz CT molecular complexity index is 1030. The van der Waals surface area contributed by atoms with Gasteiger partial charge in [0.25, 0.3) is 0 Å². The number of aryl methyl sites for hydroxylation is 1. The molecular weight excluding hydrogens is 412 g/mol. The highest BCUT2D eigenvalue weighted by Gasteiger charge is 1.99. The number of nitrogens with one attached hydrogen (secondary N) is 2. The summed E-state index contributed by atoms with van der Waals surface area (Å²) in [6.07, 6.45) is 20.4. The Morgan fingerprint density at radius 1 is 0.618 bits per heavy atom. The van der Waals surface area contributed by atoms with Crippen LogP contribution in [0.1, 0.15) is 95.9 Å². The van der Waals surface area contributed by atoms with Crippen molar-refractivity contribution in [1.82, 2.24) is 9.97 Å². The van der Waals surface area contributed by atoms with Crippen LogP contribution in [0.4, 0.5) is 0 Å². The van der Waals surface area contributed by atoms with E-state index in [-0.39, 0.29) is 0 Å². The third kappa shape index (κ3) is 8.89. The van der Waals surface area contributed by atoms with Crippen molar-refractivity contribution in [3.8, 4) is 0 Å². The molecule has 34 heavy (non-hydrogen) atoms. The Morgan fingerprint density at radius 3 is 1.88 bits per heavy atom. The second-order valence-corrected chi connectivity index (χ2v) is 9.46. The van der Waals surface area contributed by atoms with E-state index in [4.69, 9.17) is 0 Å². The molecule has 0 aliphatic carbocycles. The van der Waals surface area contributed by atoms with E-state index in [1.165, 1.54) is 110 Å². The molecule has 0 atom stereocenters. The fourth-order valence-electron chi connectivity index (χ4n) is 4.45. The molecule has 0 fully saturated rings. The molecular formula is C32H44N2. The van der Waals surface area contributed by atoms with Gasteiger partial charge in [-0.1, -0.05) is 108 Å². The largest absolute Gasteiger partial charge is 0.358 e. The van der Waals surface area contributed by atoms with Crippen LogP contribution in [0, 0.1) is 0 Å². The number of hydrogen-bond donors (Lipinski definition) is 2. The van der Waals surface area contributed by atoms with Crippen molar-refractivity contribution in [3.63, 3.8) is 0 Å². The van der Waals surface area contributed by atoms with Crippen LogP contribution in [-0.2, 0) is 6.42 Å². The van der Waals surface area contributed by atoms with Gasteiger partial charge < -0.3 is 9.97 Å². The first kappa shape index (κ1) is 25.9. The summed E-state index contributed by atoms with van der Waals surface area (Å²) >= 11 is 0. The Labute approximate surface area is 206 Å². The Morgan fingerprint density at radius 2 is 1.21 bits per heavy atom. The van der Waals surface area contributed by atoms with Crippen LogP contribution in [-0.4, -0.2) is 9.97 Å². The maximum Gasteiger partial charge on any atom is 0.0458 e. The van der Waals surface area contributed by atoms with Crippen LogP contribution in [0.15, 0.2) is 66.7 Å². The minimum atomic E-state index is 1.19. The van der Waals surface area contributed by atoms with Gasteiger partial charge in [0, 0.05) is 22.4 Å². The fraction of sp³-hybridized carbons (Fsp3) is 0.438. The normalized spacial score (nSPS) is 11.4. The van der Waals surface area contributed by atoms with Gasteiger partial charge in [0.1, 0.15) is 0 Å². The van der Waals surface area contributed by atoms with Gasteiger partial charge in [0.15, 0.2) is 0 Å². The first-order valence-electron chi connectivity index (χ1n) is 13.6. The number of rotatable bonds is 13. The van der Waals surface area contributed by atoms with Crippen LogP contribution in [0.25, 0.3) is 27.9 Å². The summed E-state index contributed by atoms with van der Waals surface area (Å²) in [6.45, 7) is 4.52. The molecule has 2 nitrogen and oxygen atoms in total. The fourth-order valence-corrected chi connectivity index (χ4v) is 4.45. The number of benzene rings is 2. The molecule has 0 aliphatic rings. The van der Waals surface area contributed by atoms with Crippen LogP contribution in [0.2, 0.25) is 0 Å². The number of allylic oxidation sites excluding steroid dienone is 1. The van der Waals surface area contributed by atoms with Crippen molar-refractivity contribution in [2.75, 3.05) is 0 Å². The minimum absolute atomic E-state index is 1.19. The highest BCUT2D eigenvalue weighted by Crippen LogP contribution is 2.17. The number of aromatic amines is 2. The van der Waals surface area contributed by atoms with Gasteiger partial charge in [-0.25, -0.2) is 0 Å². The van der Waals surface area contributed by atoms with E-state index >= 15 is 0 Å². The predicted octanol–water partition coefficient (Wildman–Crippen LogP) is 10.2. The molecule has 0 unspecified atom stereocenters. The quantitative estimate of drug-likeness (QED) is 0.187. The standard InChI is InChI=1S/C16H23N.C16H21N/c2*1-2-3-4-5-6-7-11-15-13-14-10-8-9-12-16(14)17-15/h8-10,12-13,17H,2-7,11H2,1H3;7-13,17H,2-6H2,1H3. The molecule has 2 aromatic carbocycles. The van der Waals surface area contributed by atoms with Crippen molar-refractivity contribution in [2.24, 2.45) is 0 Å². The molecule has 2 N–H and O–H groups in total. The van der Waals surface area contributed by atoms with Crippen molar-refractivity contribution >= 4 is 27.9 Å². The van der Waals surface area contributed by atoms with E-state index in [0.717, 1.165) is 0 Å². The maximum atomic E-state index is 3.50. The Kier molecular flexibility index (Phi) is 11.6. The molecule has 4 aromatic rings. The Hall–Kier alpha value is -2.74. The molecule has 0 bridgehead atoms. The summed E-state index contributed by atoms with van der Waals surface area (Å²) in [6, 6.07) is 21.4. The van der Waals surface area contributed by atoms with E-state index in [1.807, 2.05) is 0 Å².